The van der Waals surface area contributed by atoms with Gasteiger partial charge in [-0.15, -0.1) is 11.8 Å². The second kappa shape index (κ2) is 12.3. The molecule has 0 aliphatic carbocycles. The fourth-order valence-corrected chi connectivity index (χ4v) is 3.88. The number of aromatic nitrogens is 2. The molecule has 1 heterocycles. The van der Waals surface area contributed by atoms with Crippen molar-refractivity contribution in [2.75, 3.05) is 23.9 Å². The highest BCUT2D eigenvalue weighted by atomic mass is 32.2. The summed E-state index contributed by atoms with van der Waals surface area (Å²) in [5, 5.41) is 13.1. The lowest BCUT2D eigenvalue weighted by molar-refractivity contribution is -0.192. The first-order chi connectivity index (χ1) is 17.6. The van der Waals surface area contributed by atoms with Gasteiger partial charge in [0.05, 0.1) is 16.1 Å². The van der Waals surface area contributed by atoms with Crippen molar-refractivity contribution in [2.45, 2.75) is 22.1 Å². The van der Waals surface area contributed by atoms with E-state index in [2.05, 4.69) is 25.3 Å². The third kappa shape index (κ3) is 8.77. The topological polar surface area (TPSA) is 133 Å². The Morgan fingerprint density at radius 2 is 1.47 bits per heavy atom. The van der Waals surface area contributed by atoms with E-state index in [1.807, 2.05) is 6.26 Å². The Hall–Kier alpha value is -3.57. The average Bonchev–Trinajstić information content (AvgIpc) is 2.84. The first kappa shape index (κ1) is 30.7. The van der Waals surface area contributed by atoms with E-state index in [1.54, 1.807) is 12.1 Å². The molecule has 0 unspecified atom stereocenters. The zero-order valence-corrected chi connectivity index (χ0v) is 21.0. The summed E-state index contributed by atoms with van der Waals surface area (Å²) >= 11 is 1.42. The molecule has 2 aromatic carbocycles. The van der Waals surface area contributed by atoms with Crippen LogP contribution in [0.15, 0.2) is 64.6 Å². The summed E-state index contributed by atoms with van der Waals surface area (Å²) in [5.74, 6) is -2.03. The predicted molar refractivity (Wildman–Crippen MR) is 128 cm³/mol. The maximum absolute atomic E-state index is 12.7. The third-order valence-electron chi connectivity index (χ3n) is 4.41. The lowest BCUT2D eigenvalue weighted by atomic mass is 10.2. The first-order valence-electron chi connectivity index (χ1n) is 10.0. The van der Waals surface area contributed by atoms with E-state index in [4.69, 9.17) is 9.90 Å². The fourth-order valence-electron chi connectivity index (χ4n) is 2.59. The summed E-state index contributed by atoms with van der Waals surface area (Å²) in [7, 11) is -2.30. The molecule has 3 aromatic rings. The van der Waals surface area contributed by atoms with Crippen LogP contribution in [0.2, 0.25) is 0 Å². The molecule has 9 nitrogen and oxygen atoms in total. The van der Waals surface area contributed by atoms with Crippen molar-refractivity contribution in [1.29, 1.82) is 0 Å². The SMILES string of the molecule is CNS(=O)(=O)c1ccc(SC)c(Nc2cc(Nc3ccc(C(F)(F)F)cc3)ncn2)c1.O=C(O)C(F)(F)F. The van der Waals surface area contributed by atoms with Gasteiger partial charge in [0, 0.05) is 16.6 Å². The van der Waals surface area contributed by atoms with Crippen LogP contribution in [0.5, 0.6) is 0 Å². The molecule has 206 valence electrons. The third-order valence-corrected chi connectivity index (χ3v) is 6.61. The van der Waals surface area contributed by atoms with Gasteiger partial charge in [-0.2, -0.15) is 26.3 Å². The molecule has 0 amide bonds. The van der Waals surface area contributed by atoms with E-state index in [0.717, 1.165) is 17.0 Å². The van der Waals surface area contributed by atoms with Crippen LogP contribution in [0.1, 0.15) is 5.56 Å². The number of carbonyl (C=O) groups is 1. The number of hydrogen-bond donors (Lipinski definition) is 4. The number of hydrogen-bond acceptors (Lipinski definition) is 8. The van der Waals surface area contributed by atoms with Gasteiger partial charge in [0.15, 0.2) is 0 Å². The maximum atomic E-state index is 12.7. The number of carboxylic acids is 1. The van der Waals surface area contributed by atoms with Gasteiger partial charge in [0.1, 0.15) is 18.0 Å². The summed E-state index contributed by atoms with van der Waals surface area (Å²) < 4.78 is 96.3. The van der Waals surface area contributed by atoms with E-state index >= 15 is 0 Å². The number of rotatable bonds is 7. The van der Waals surface area contributed by atoms with Gasteiger partial charge in [-0.3, -0.25) is 0 Å². The Bertz CT molecular complexity index is 1370. The van der Waals surface area contributed by atoms with Crippen molar-refractivity contribution >= 4 is 50.8 Å². The molecule has 0 aliphatic heterocycles. The molecule has 0 aliphatic rings. The highest BCUT2D eigenvalue weighted by Gasteiger charge is 2.38. The Morgan fingerprint density at radius 1 is 0.921 bits per heavy atom. The van der Waals surface area contributed by atoms with Crippen LogP contribution in [0.3, 0.4) is 0 Å². The molecule has 0 radical (unpaired) electrons. The number of nitrogens with one attached hydrogen (secondary N) is 3. The van der Waals surface area contributed by atoms with Crippen molar-refractivity contribution in [3.8, 4) is 0 Å². The van der Waals surface area contributed by atoms with Gasteiger partial charge in [-0.1, -0.05) is 0 Å². The highest BCUT2D eigenvalue weighted by Crippen LogP contribution is 2.32. The maximum Gasteiger partial charge on any atom is 0.490 e. The van der Waals surface area contributed by atoms with E-state index < -0.39 is 33.9 Å². The smallest absolute Gasteiger partial charge is 0.475 e. The molecule has 17 heteroatoms. The molecular weight excluding hydrogens is 564 g/mol. The van der Waals surface area contributed by atoms with Crippen molar-refractivity contribution in [2.24, 2.45) is 0 Å². The Balaban J connectivity index is 0.000000638. The zero-order chi connectivity index (χ0) is 28.7. The van der Waals surface area contributed by atoms with Crippen LogP contribution in [0, 0.1) is 0 Å². The Labute approximate surface area is 216 Å². The lowest BCUT2D eigenvalue weighted by Gasteiger charge is -2.13. The molecule has 0 bridgehead atoms. The van der Waals surface area contributed by atoms with Gasteiger partial charge < -0.3 is 15.7 Å². The summed E-state index contributed by atoms with van der Waals surface area (Å²) in [6.45, 7) is 0. The standard InChI is InChI=1S/C19H18F3N5O2S2.C2HF3O2/c1-23-31(28,29)14-7-8-16(30-2)15(9-14)27-18-10-17(24-11-25-18)26-13-5-3-12(4-6-13)19(20,21)22;3-2(4,5)1(6)7/h3-11,23H,1-2H3,(H2,24,25,26,27);(H,6,7). The Morgan fingerprint density at radius 3 is 1.95 bits per heavy atom. The number of thioether (sulfide) groups is 1. The van der Waals surface area contributed by atoms with E-state index in [-0.39, 0.29) is 4.90 Å². The number of halogens is 6. The number of benzene rings is 2. The quantitative estimate of drug-likeness (QED) is 0.218. The lowest BCUT2D eigenvalue weighted by Crippen LogP contribution is -2.21. The van der Waals surface area contributed by atoms with Crippen LogP contribution < -0.4 is 15.4 Å². The van der Waals surface area contributed by atoms with Gasteiger partial charge in [0.2, 0.25) is 10.0 Å². The van der Waals surface area contributed by atoms with Gasteiger partial charge in [-0.25, -0.2) is 27.9 Å². The second-order valence-electron chi connectivity index (χ2n) is 6.99. The van der Waals surface area contributed by atoms with Crippen LogP contribution >= 0.6 is 11.8 Å². The molecule has 4 N–H and O–H groups in total. The van der Waals surface area contributed by atoms with E-state index in [1.165, 1.54) is 49.4 Å². The molecule has 0 atom stereocenters. The van der Waals surface area contributed by atoms with Gasteiger partial charge in [-0.05, 0) is 55.8 Å². The van der Waals surface area contributed by atoms with Crippen molar-refractivity contribution in [1.82, 2.24) is 14.7 Å². The molecule has 38 heavy (non-hydrogen) atoms. The number of anilines is 4. The minimum absolute atomic E-state index is 0.0902. The minimum atomic E-state index is -5.08. The second-order valence-corrected chi connectivity index (χ2v) is 9.72. The number of alkyl halides is 6. The normalized spacial score (nSPS) is 11.8. The minimum Gasteiger partial charge on any atom is -0.475 e. The van der Waals surface area contributed by atoms with Crippen molar-refractivity contribution in [3.63, 3.8) is 0 Å². The summed E-state index contributed by atoms with van der Waals surface area (Å²) in [6.07, 6.45) is -6.36. The molecular formula is C21H19F6N5O4S2. The van der Waals surface area contributed by atoms with E-state index in [0.29, 0.717) is 23.0 Å². The molecule has 3 rings (SSSR count). The Kier molecular flexibility index (Phi) is 9.93. The highest BCUT2D eigenvalue weighted by molar-refractivity contribution is 7.98. The number of nitrogens with zero attached hydrogens (tertiary/aromatic N) is 2. The number of carboxylic acid groups (broad SMARTS) is 1. The largest absolute Gasteiger partial charge is 0.490 e. The van der Waals surface area contributed by atoms with Crippen LogP contribution in [-0.2, 0) is 21.0 Å². The van der Waals surface area contributed by atoms with Crippen molar-refractivity contribution in [3.05, 3.63) is 60.4 Å². The molecule has 0 spiro atoms. The first-order valence-corrected chi connectivity index (χ1v) is 12.7. The molecule has 0 saturated carbocycles. The monoisotopic (exact) mass is 583 g/mol. The molecule has 1 aromatic heterocycles. The van der Waals surface area contributed by atoms with Crippen LogP contribution in [-0.4, -0.2) is 48.9 Å². The average molecular weight is 584 g/mol. The fraction of sp³-hybridized carbons (Fsp3) is 0.190. The number of sulfonamides is 1. The van der Waals surface area contributed by atoms with Gasteiger partial charge in [0.25, 0.3) is 0 Å². The molecule has 0 fully saturated rings. The van der Waals surface area contributed by atoms with Crippen LogP contribution in [0.25, 0.3) is 0 Å². The molecule has 0 saturated heterocycles. The zero-order valence-electron chi connectivity index (χ0n) is 19.3. The predicted octanol–water partition coefficient (Wildman–Crippen LogP) is 5.25. The summed E-state index contributed by atoms with van der Waals surface area (Å²) in [5.41, 5.74) is 0.205. The summed E-state index contributed by atoms with van der Waals surface area (Å²) in [6, 6.07) is 10.8. The number of aliphatic carboxylic acids is 1. The van der Waals surface area contributed by atoms with E-state index in [9.17, 15) is 34.8 Å². The van der Waals surface area contributed by atoms with Gasteiger partial charge >= 0.3 is 18.3 Å². The van der Waals surface area contributed by atoms with Crippen LogP contribution in [0.4, 0.5) is 49.4 Å². The summed E-state index contributed by atoms with van der Waals surface area (Å²) in [4.78, 5) is 18.0. The van der Waals surface area contributed by atoms with Crippen molar-refractivity contribution < 1.29 is 44.7 Å².